The van der Waals surface area contributed by atoms with Crippen LogP contribution >= 0.6 is 23.2 Å². The Hall–Kier alpha value is -2.11. The van der Waals surface area contributed by atoms with E-state index in [0.29, 0.717) is 34.5 Å². The van der Waals surface area contributed by atoms with Crippen molar-refractivity contribution in [1.29, 1.82) is 0 Å². The molecule has 0 bridgehead atoms. The molecule has 0 radical (unpaired) electrons. The number of aryl methyl sites for hydroxylation is 1. The molecule has 1 N–H and O–H groups in total. The number of benzene rings is 1. The number of hydrogen-bond donors (Lipinski definition) is 1. The van der Waals surface area contributed by atoms with Crippen LogP contribution in [0.25, 0.3) is 0 Å². The van der Waals surface area contributed by atoms with Crippen molar-refractivity contribution in [3.05, 3.63) is 57.7 Å². The van der Waals surface area contributed by atoms with Gasteiger partial charge in [0.15, 0.2) is 0 Å². The van der Waals surface area contributed by atoms with E-state index in [1.54, 1.807) is 35.4 Å². The lowest BCUT2D eigenvalue weighted by Crippen LogP contribution is -2.43. The molecule has 1 aliphatic rings. The highest BCUT2D eigenvalue weighted by molar-refractivity contribution is 6.42. The summed E-state index contributed by atoms with van der Waals surface area (Å²) in [5.74, 6) is -0.00497. The molecule has 3 rings (SSSR count). The molecule has 2 heterocycles. The van der Waals surface area contributed by atoms with Crippen LogP contribution in [0.5, 0.6) is 0 Å². The van der Waals surface area contributed by atoms with Gasteiger partial charge in [0.25, 0.3) is 5.91 Å². The summed E-state index contributed by atoms with van der Waals surface area (Å²) < 4.78 is 0. The number of likely N-dealkylation sites (tertiary alicyclic amines) is 1. The van der Waals surface area contributed by atoms with Crippen LogP contribution in [0, 0.1) is 12.8 Å². The minimum Gasteiger partial charge on any atom is -0.338 e. The summed E-state index contributed by atoms with van der Waals surface area (Å²) >= 11 is 11.9. The standard InChI is InChI=1S/C19H19Cl2N3O2/c1-12-4-7-17(22-10-12)23-18(25)14-3-2-8-24(11-14)19(26)13-5-6-15(20)16(21)9-13/h4-7,9-10,14H,2-3,8,11H2,1H3,(H,22,23,25). The quantitative estimate of drug-likeness (QED) is 0.852. The van der Waals surface area contributed by atoms with E-state index in [-0.39, 0.29) is 17.7 Å². The molecule has 5 nitrogen and oxygen atoms in total. The molecule has 7 heteroatoms. The highest BCUT2D eigenvalue weighted by Crippen LogP contribution is 2.25. The third kappa shape index (κ3) is 4.34. The average molecular weight is 392 g/mol. The van der Waals surface area contributed by atoms with E-state index in [4.69, 9.17) is 23.2 Å². The van der Waals surface area contributed by atoms with E-state index in [1.165, 1.54) is 0 Å². The second-order valence-electron chi connectivity index (χ2n) is 6.43. The predicted molar refractivity (Wildman–Crippen MR) is 103 cm³/mol. The number of pyridine rings is 1. The van der Waals surface area contributed by atoms with Crippen LogP contribution in [0.1, 0.15) is 28.8 Å². The Kier molecular flexibility index (Phi) is 5.79. The van der Waals surface area contributed by atoms with Gasteiger partial charge in [0.2, 0.25) is 5.91 Å². The molecule has 0 saturated carbocycles. The lowest BCUT2D eigenvalue weighted by atomic mass is 9.96. The molecule has 2 amide bonds. The summed E-state index contributed by atoms with van der Waals surface area (Å²) in [7, 11) is 0. The summed E-state index contributed by atoms with van der Waals surface area (Å²) in [5.41, 5.74) is 1.50. The predicted octanol–water partition coefficient (Wildman–Crippen LogP) is 4.19. The van der Waals surface area contributed by atoms with Gasteiger partial charge >= 0.3 is 0 Å². The fourth-order valence-electron chi connectivity index (χ4n) is 2.96. The van der Waals surface area contributed by atoms with Crippen LogP contribution < -0.4 is 5.32 Å². The highest BCUT2D eigenvalue weighted by atomic mass is 35.5. The van der Waals surface area contributed by atoms with Crippen molar-refractivity contribution >= 4 is 40.8 Å². The molecule has 2 aromatic rings. The molecular formula is C19H19Cl2N3O2. The molecule has 1 fully saturated rings. The van der Waals surface area contributed by atoms with Crippen molar-refractivity contribution < 1.29 is 9.59 Å². The van der Waals surface area contributed by atoms with Crippen molar-refractivity contribution in [3.63, 3.8) is 0 Å². The number of carbonyl (C=O) groups is 2. The van der Waals surface area contributed by atoms with Gasteiger partial charge < -0.3 is 10.2 Å². The molecule has 1 aromatic carbocycles. The van der Waals surface area contributed by atoms with Crippen molar-refractivity contribution in [3.8, 4) is 0 Å². The lowest BCUT2D eigenvalue weighted by Gasteiger charge is -2.32. The first-order chi connectivity index (χ1) is 12.4. The van der Waals surface area contributed by atoms with Crippen LogP contribution in [-0.4, -0.2) is 34.8 Å². The largest absolute Gasteiger partial charge is 0.338 e. The van der Waals surface area contributed by atoms with Gasteiger partial charge in [0.05, 0.1) is 16.0 Å². The van der Waals surface area contributed by atoms with Gasteiger partial charge in [-0.3, -0.25) is 9.59 Å². The van der Waals surface area contributed by atoms with Crippen LogP contribution in [0.15, 0.2) is 36.5 Å². The van der Waals surface area contributed by atoms with Crippen LogP contribution in [0.4, 0.5) is 5.82 Å². The molecular weight excluding hydrogens is 373 g/mol. The Morgan fingerprint density at radius 3 is 2.69 bits per heavy atom. The number of halogens is 2. The molecule has 0 spiro atoms. The smallest absolute Gasteiger partial charge is 0.253 e. The first-order valence-corrected chi connectivity index (χ1v) is 9.17. The van der Waals surface area contributed by atoms with Crippen molar-refractivity contribution in [2.45, 2.75) is 19.8 Å². The number of rotatable bonds is 3. The van der Waals surface area contributed by atoms with Crippen LogP contribution in [0.3, 0.4) is 0 Å². The highest BCUT2D eigenvalue weighted by Gasteiger charge is 2.29. The molecule has 26 heavy (non-hydrogen) atoms. The Balaban J connectivity index is 1.66. The van der Waals surface area contributed by atoms with Crippen molar-refractivity contribution in [2.24, 2.45) is 5.92 Å². The van der Waals surface area contributed by atoms with Gasteiger partial charge in [-0.1, -0.05) is 29.3 Å². The van der Waals surface area contributed by atoms with Gasteiger partial charge in [0.1, 0.15) is 5.82 Å². The van der Waals surface area contributed by atoms with Crippen molar-refractivity contribution in [1.82, 2.24) is 9.88 Å². The van der Waals surface area contributed by atoms with E-state index in [0.717, 1.165) is 18.4 Å². The lowest BCUT2D eigenvalue weighted by molar-refractivity contribution is -0.121. The van der Waals surface area contributed by atoms with Gasteiger partial charge in [-0.05, 0) is 49.6 Å². The first-order valence-electron chi connectivity index (χ1n) is 8.42. The summed E-state index contributed by atoms with van der Waals surface area (Å²) in [6, 6.07) is 8.48. The van der Waals surface area contributed by atoms with E-state index in [1.807, 2.05) is 13.0 Å². The summed E-state index contributed by atoms with van der Waals surface area (Å²) in [5, 5.41) is 3.58. The minimum atomic E-state index is -0.265. The average Bonchev–Trinajstić information content (AvgIpc) is 2.65. The number of anilines is 1. The van der Waals surface area contributed by atoms with Crippen molar-refractivity contribution in [2.75, 3.05) is 18.4 Å². The third-order valence-electron chi connectivity index (χ3n) is 4.41. The Bertz CT molecular complexity index is 824. The molecule has 136 valence electrons. The van der Waals surface area contributed by atoms with Crippen LogP contribution in [0.2, 0.25) is 10.0 Å². The Morgan fingerprint density at radius 1 is 1.19 bits per heavy atom. The molecule has 1 aromatic heterocycles. The Morgan fingerprint density at radius 2 is 2.00 bits per heavy atom. The molecule has 1 atom stereocenters. The number of piperidine rings is 1. The zero-order valence-corrected chi connectivity index (χ0v) is 15.8. The minimum absolute atomic E-state index is 0.118. The molecule has 1 aliphatic heterocycles. The van der Waals surface area contributed by atoms with Gasteiger partial charge in [-0.15, -0.1) is 0 Å². The maximum Gasteiger partial charge on any atom is 0.253 e. The van der Waals surface area contributed by atoms with E-state index in [9.17, 15) is 9.59 Å². The van der Waals surface area contributed by atoms with Gasteiger partial charge in [-0.25, -0.2) is 4.98 Å². The second kappa shape index (κ2) is 8.06. The maximum absolute atomic E-state index is 12.7. The first kappa shape index (κ1) is 18.7. The van der Waals surface area contributed by atoms with E-state index < -0.39 is 0 Å². The monoisotopic (exact) mass is 391 g/mol. The third-order valence-corrected chi connectivity index (χ3v) is 5.15. The zero-order chi connectivity index (χ0) is 18.7. The number of nitrogens with zero attached hydrogens (tertiary/aromatic N) is 2. The normalized spacial score (nSPS) is 17.0. The Labute approximate surface area is 162 Å². The van der Waals surface area contributed by atoms with Crippen LogP contribution in [-0.2, 0) is 4.79 Å². The SMILES string of the molecule is Cc1ccc(NC(=O)C2CCCN(C(=O)c3ccc(Cl)c(Cl)c3)C2)nc1. The van der Waals surface area contributed by atoms with Gasteiger partial charge in [0, 0.05) is 24.8 Å². The number of nitrogens with one attached hydrogen (secondary N) is 1. The number of aromatic nitrogens is 1. The number of amides is 2. The second-order valence-corrected chi connectivity index (χ2v) is 7.24. The molecule has 1 unspecified atom stereocenters. The fraction of sp³-hybridized carbons (Fsp3) is 0.316. The van der Waals surface area contributed by atoms with E-state index in [2.05, 4.69) is 10.3 Å². The summed E-state index contributed by atoms with van der Waals surface area (Å²) in [6.45, 7) is 2.93. The summed E-state index contributed by atoms with van der Waals surface area (Å²) in [6.07, 6.45) is 3.21. The maximum atomic E-state index is 12.7. The summed E-state index contributed by atoms with van der Waals surface area (Å²) in [4.78, 5) is 31.1. The number of hydrogen-bond acceptors (Lipinski definition) is 3. The number of carbonyl (C=O) groups excluding carboxylic acids is 2. The van der Waals surface area contributed by atoms with Gasteiger partial charge in [-0.2, -0.15) is 0 Å². The molecule has 0 aliphatic carbocycles. The topological polar surface area (TPSA) is 62.3 Å². The zero-order valence-electron chi connectivity index (χ0n) is 14.3. The fourth-order valence-corrected chi connectivity index (χ4v) is 3.26. The van der Waals surface area contributed by atoms with E-state index >= 15 is 0 Å². The molecule has 1 saturated heterocycles.